The Hall–Kier alpha value is 1.76. The maximum Gasteiger partial charge on any atom is 0.106 e. The number of hydrogen-bond acceptors (Lipinski definition) is 1. The summed E-state index contributed by atoms with van der Waals surface area (Å²) in [4.78, 5) is 8.00. The Labute approximate surface area is 150 Å². The molecule has 0 fully saturated rings. The van der Waals surface area contributed by atoms with Gasteiger partial charge < -0.3 is 29.6 Å². The summed E-state index contributed by atoms with van der Waals surface area (Å²) in [6.07, 6.45) is 8.74. The van der Waals surface area contributed by atoms with E-state index >= 15 is 0 Å². The van der Waals surface area contributed by atoms with Crippen LogP contribution in [0.5, 0.6) is 0 Å². The van der Waals surface area contributed by atoms with Crippen LogP contribution in [0.1, 0.15) is 41.5 Å². The Morgan fingerprint density at radius 2 is 0.684 bits per heavy atom. The fourth-order valence-corrected chi connectivity index (χ4v) is 4.50. The smallest absolute Gasteiger partial charge is 0.106 e. The molecule has 125 valence electrons. The number of rotatable bonds is 6. The van der Waals surface area contributed by atoms with Crippen LogP contribution < -0.4 is 24.8 Å². The molecule has 0 N–H and O–H groups in total. The first kappa shape index (κ1) is 37.2. The quantitative estimate of drug-likeness (QED) is 0.376. The van der Waals surface area contributed by atoms with Crippen LogP contribution in [0.3, 0.4) is 0 Å². The second kappa shape index (κ2) is 36.7. The molecular weight excluding hydrogens is 497 g/mol. The van der Waals surface area contributed by atoms with E-state index in [-0.39, 0.29) is 60.8 Å². The molecule has 0 atom stereocenters. The van der Waals surface area contributed by atoms with Gasteiger partial charge in [0.05, 0.1) is 37.0 Å². The molecule has 0 aromatic heterocycles. The van der Waals surface area contributed by atoms with Gasteiger partial charge in [0.15, 0.2) is 0 Å². The van der Waals surface area contributed by atoms with E-state index in [1.807, 2.05) is 6.79 Å². The minimum atomic E-state index is 0. The summed E-state index contributed by atoms with van der Waals surface area (Å²) in [6, 6.07) is 0. The van der Waals surface area contributed by atoms with Gasteiger partial charge in [-0.3, -0.25) is 0 Å². The van der Waals surface area contributed by atoms with Crippen LogP contribution in [-0.2, 0) is 24.9 Å². The zero-order valence-electron chi connectivity index (χ0n) is 13.4. The number of hydrogen-bond donors (Lipinski definition) is 0. The third kappa shape index (κ3) is 32.9. The monoisotopic (exact) mass is 531 g/mol. The first-order chi connectivity index (χ1) is 7.69. The van der Waals surface area contributed by atoms with E-state index in [1.165, 1.54) is 37.0 Å². The van der Waals surface area contributed by atoms with Gasteiger partial charge in [-0.2, -0.15) is 0 Å². The van der Waals surface area contributed by atoms with E-state index in [0.717, 1.165) is 0 Å². The van der Waals surface area contributed by atoms with Crippen LogP contribution in [0.15, 0.2) is 0 Å². The molecule has 6 heteroatoms. The van der Waals surface area contributed by atoms with Crippen LogP contribution in [0, 0.1) is 0 Å². The molecule has 0 bridgehead atoms. The largest absolute Gasteiger partial charge is 1.00 e. The van der Waals surface area contributed by atoms with Crippen molar-refractivity contribution in [2.75, 3.05) is 37.0 Å². The fraction of sp³-hybridized carbons (Fsp3) is 0.923. The van der Waals surface area contributed by atoms with Gasteiger partial charge in [-0.05, 0) is 57.4 Å². The van der Waals surface area contributed by atoms with Crippen LogP contribution >= 0.6 is 15.8 Å². The van der Waals surface area contributed by atoms with Crippen molar-refractivity contribution in [3.05, 3.63) is 0 Å². The molecule has 0 amide bonds. The summed E-state index contributed by atoms with van der Waals surface area (Å²) in [6.45, 7) is 15.8. The van der Waals surface area contributed by atoms with E-state index in [4.69, 9.17) is 4.79 Å². The Kier molecular flexibility index (Phi) is 71.9. The summed E-state index contributed by atoms with van der Waals surface area (Å²) in [7, 11) is 0.275. The molecule has 1 nitrogen and oxygen atoms in total. The predicted molar refractivity (Wildman–Crippen MR) is 87.0 cm³/mol. The summed E-state index contributed by atoms with van der Waals surface area (Å²) in [5, 5.41) is 0. The van der Waals surface area contributed by atoms with E-state index < -0.39 is 0 Å². The minimum absolute atomic E-state index is 0. The molecular formula is C13H34Cl2IrOP2. The van der Waals surface area contributed by atoms with Crippen LogP contribution in [-0.4, -0.2) is 43.8 Å². The van der Waals surface area contributed by atoms with E-state index in [1.54, 1.807) is 0 Å². The second-order valence-electron chi connectivity index (χ2n) is 3.62. The summed E-state index contributed by atoms with van der Waals surface area (Å²) in [5.41, 5.74) is 0. The maximum atomic E-state index is 8.00. The van der Waals surface area contributed by atoms with Gasteiger partial charge in [0, 0.05) is 20.1 Å². The molecule has 1 radical (unpaired) electrons. The molecule has 0 heterocycles. The van der Waals surface area contributed by atoms with Crippen LogP contribution in [0.25, 0.3) is 0 Å². The molecule has 0 unspecified atom stereocenters. The van der Waals surface area contributed by atoms with Gasteiger partial charge in [-0.25, -0.2) is 0 Å². The first-order valence-electron chi connectivity index (χ1n) is 6.65. The molecule has 0 aliphatic heterocycles. The molecule has 0 aromatic rings. The molecule has 0 saturated carbocycles. The number of halogens is 2. The topological polar surface area (TPSA) is 17.1 Å². The van der Waals surface area contributed by atoms with Crippen molar-refractivity contribution in [2.45, 2.75) is 41.5 Å². The fourth-order valence-electron chi connectivity index (χ4n) is 1.50. The van der Waals surface area contributed by atoms with Crippen molar-refractivity contribution >= 4 is 22.6 Å². The van der Waals surface area contributed by atoms with Gasteiger partial charge in [-0.15, -0.1) is 0 Å². The van der Waals surface area contributed by atoms with Gasteiger partial charge in [-0.1, -0.05) is 0 Å². The SMILES string of the molecule is C=O.CC[PH+](CC)CC.CC[PH+](CC)CC.[Cl-].[Cl-].[Ir]. The molecule has 0 aromatic carbocycles. The molecule has 19 heavy (non-hydrogen) atoms. The molecule has 0 aliphatic rings. The van der Waals surface area contributed by atoms with Gasteiger partial charge >= 0.3 is 0 Å². The van der Waals surface area contributed by atoms with Gasteiger partial charge in [0.2, 0.25) is 0 Å². The minimum Gasteiger partial charge on any atom is -1.00 e. The Morgan fingerprint density at radius 1 is 0.579 bits per heavy atom. The average Bonchev–Trinajstić information content (AvgIpc) is 2.37. The Bertz CT molecular complexity index is 93.8. The Balaban J connectivity index is -0.0000000344. The van der Waals surface area contributed by atoms with Gasteiger partial charge in [0.1, 0.15) is 6.79 Å². The van der Waals surface area contributed by atoms with Crippen LogP contribution in [0.4, 0.5) is 0 Å². The maximum absolute atomic E-state index is 8.00. The van der Waals surface area contributed by atoms with E-state index in [0.29, 0.717) is 0 Å². The standard InChI is InChI=1S/2C6H15P.CH2O.2ClH.Ir/c2*1-4-7(5-2)6-3;1-2;;;/h2*4-6H2,1-3H3;1H2;2*1H;. The first-order valence-corrected chi connectivity index (χ1v) is 10.9. The van der Waals surface area contributed by atoms with Crippen LogP contribution in [0.2, 0.25) is 0 Å². The summed E-state index contributed by atoms with van der Waals surface area (Å²) in [5.74, 6) is 0. The summed E-state index contributed by atoms with van der Waals surface area (Å²) >= 11 is 0. The average molecular weight is 531 g/mol. The zero-order chi connectivity index (χ0) is 13.4. The number of carbonyl (C=O) groups is 1. The van der Waals surface area contributed by atoms with E-state index in [9.17, 15) is 0 Å². The zero-order valence-corrected chi connectivity index (χ0v) is 19.4. The predicted octanol–water partition coefficient (Wildman–Crippen LogP) is -1.66. The molecule has 0 spiro atoms. The number of carbonyl (C=O) groups excluding carboxylic acids is 1. The second-order valence-corrected chi connectivity index (χ2v) is 10.9. The van der Waals surface area contributed by atoms with Crippen molar-refractivity contribution in [1.82, 2.24) is 0 Å². The summed E-state index contributed by atoms with van der Waals surface area (Å²) < 4.78 is 0. The third-order valence-corrected chi connectivity index (χ3v) is 9.00. The molecule has 0 rings (SSSR count). The van der Waals surface area contributed by atoms with Crippen molar-refractivity contribution in [3.63, 3.8) is 0 Å². The van der Waals surface area contributed by atoms with E-state index in [2.05, 4.69) is 41.5 Å². The normalized spacial score (nSPS) is 7.79. The van der Waals surface area contributed by atoms with Crippen molar-refractivity contribution in [3.8, 4) is 0 Å². The third-order valence-electron chi connectivity index (χ3n) is 3.00. The van der Waals surface area contributed by atoms with Crippen molar-refractivity contribution in [1.29, 1.82) is 0 Å². The van der Waals surface area contributed by atoms with Crippen molar-refractivity contribution < 1.29 is 49.7 Å². The van der Waals surface area contributed by atoms with Gasteiger partial charge in [0.25, 0.3) is 0 Å². The van der Waals surface area contributed by atoms with Crippen molar-refractivity contribution in [2.24, 2.45) is 0 Å². The Morgan fingerprint density at radius 3 is 0.684 bits per heavy atom. The molecule has 0 saturated heterocycles. The molecule has 0 aliphatic carbocycles.